The molecule has 0 spiro atoms. The Bertz CT molecular complexity index is 128. The van der Waals surface area contributed by atoms with Crippen LogP contribution in [-0.4, -0.2) is 37.6 Å². The summed E-state index contributed by atoms with van der Waals surface area (Å²) < 4.78 is 1.08. The fourth-order valence-electron chi connectivity index (χ4n) is 1.30. The first-order chi connectivity index (χ1) is 5.29. The minimum absolute atomic E-state index is 0.988. The highest BCUT2D eigenvalue weighted by Gasteiger charge is 2.07. The number of rotatable bonds is 2. The van der Waals surface area contributed by atoms with E-state index in [1.165, 1.54) is 13.0 Å². The molecule has 0 aromatic carbocycles. The van der Waals surface area contributed by atoms with Crippen molar-refractivity contribution in [2.45, 2.75) is 6.42 Å². The lowest BCUT2D eigenvalue weighted by Crippen LogP contribution is -2.28. The van der Waals surface area contributed by atoms with E-state index in [1.54, 1.807) is 0 Å². The summed E-state index contributed by atoms with van der Waals surface area (Å²) in [5, 5.41) is 3.36. The van der Waals surface area contributed by atoms with Gasteiger partial charge in [-0.1, -0.05) is 22.5 Å². The molecule has 0 aromatic rings. The average molecular weight is 219 g/mol. The number of nitrogens with zero attached hydrogens (tertiary/aromatic N) is 1. The van der Waals surface area contributed by atoms with Crippen LogP contribution < -0.4 is 5.32 Å². The summed E-state index contributed by atoms with van der Waals surface area (Å²) >= 11 is 3.38. The molecular formula is C8H15BrN2. The Labute approximate surface area is 76.8 Å². The largest absolute Gasteiger partial charge is 0.315 e. The van der Waals surface area contributed by atoms with Gasteiger partial charge in [0.05, 0.1) is 0 Å². The highest BCUT2D eigenvalue weighted by atomic mass is 79.9. The molecule has 0 radical (unpaired) electrons. The van der Waals surface area contributed by atoms with Crippen molar-refractivity contribution in [3.05, 3.63) is 11.1 Å². The summed E-state index contributed by atoms with van der Waals surface area (Å²) in [7, 11) is 0. The lowest BCUT2D eigenvalue weighted by Gasteiger charge is -2.18. The molecular weight excluding hydrogens is 204 g/mol. The zero-order valence-electron chi connectivity index (χ0n) is 6.77. The fraction of sp³-hybridized carbons (Fsp3) is 0.750. The average Bonchev–Trinajstić information content (AvgIpc) is 2.14. The minimum atomic E-state index is 0.988. The zero-order valence-corrected chi connectivity index (χ0v) is 8.36. The van der Waals surface area contributed by atoms with Crippen molar-refractivity contribution < 1.29 is 0 Å². The zero-order chi connectivity index (χ0) is 8.10. The Hall–Kier alpha value is 0.140. The summed E-state index contributed by atoms with van der Waals surface area (Å²) in [4.78, 5) is 2.41. The predicted molar refractivity (Wildman–Crippen MR) is 52.0 cm³/mol. The molecule has 1 heterocycles. The normalized spacial score (nSPS) is 21.2. The summed E-state index contributed by atoms with van der Waals surface area (Å²) in [6.45, 7) is 9.43. The lowest BCUT2D eigenvalue weighted by molar-refractivity contribution is 0.323. The third-order valence-electron chi connectivity index (χ3n) is 1.83. The molecule has 0 saturated carbocycles. The molecule has 0 aromatic heterocycles. The summed E-state index contributed by atoms with van der Waals surface area (Å²) in [6, 6.07) is 0. The molecule has 1 saturated heterocycles. The van der Waals surface area contributed by atoms with Crippen LogP contribution in [0.4, 0.5) is 0 Å². The second-order valence-corrected chi connectivity index (χ2v) is 4.02. The van der Waals surface area contributed by atoms with Gasteiger partial charge in [0.2, 0.25) is 0 Å². The smallest absolute Gasteiger partial charge is 0.0294 e. The van der Waals surface area contributed by atoms with Crippen molar-refractivity contribution in [3.8, 4) is 0 Å². The van der Waals surface area contributed by atoms with Gasteiger partial charge in [0.1, 0.15) is 0 Å². The van der Waals surface area contributed by atoms with Crippen LogP contribution >= 0.6 is 15.9 Å². The molecule has 1 N–H and O–H groups in total. The number of nitrogens with one attached hydrogen (secondary N) is 1. The molecule has 64 valence electrons. The first kappa shape index (κ1) is 9.23. The lowest BCUT2D eigenvalue weighted by atomic mass is 10.4. The summed E-state index contributed by atoms with van der Waals surface area (Å²) in [6.07, 6.45) is 1.25. The topological polar surface area (TPSA) is 15.3 Å². The molecule has 0 bridgehead atoms. The van der Waals surface area contributed by atoms with Gasteiger partial charge in [0.25, 0.3) is 0 Å². The fourth-order valence-corrected chi connectivity index (χ4v) is 1.66. The Balaban J connectivity index is 2.25. The van der Waals surface area contributed by atoms with Crippen LogP contribution in [-0.2, 0) is 0 Å². The van der Waals surface area contributed by atoms with E-state index in [0.717, 1.165) is 30.7 Å². The molecule has 0 atom stereocenters. The van der Waals surface area contributed by atoms with E-state index in [2.05, 4.69) is 32.7 Å². The SMILES string of the molecule is C=C(Br)CN1CCCNCC1. The molecule has 0 aliphatic carbocycles. The number of hydrogen-bond acceptors (Lipinski definition) is 2. The maximum absolute atomic E-state index is 3.83. The Kier molecular flexibility index (Phi) is 4.12. The number of hydrogen-bond donors (Lipinski definition) is 1. The van der Waals surface area contributed by atoms with E-state index < -0.39 is 0 Å². The van der Waals surface area contributed by atoms with Gasteiger partial charge >= 0.3 is 0 Å². The van der Waals surface area contributed by atoms with Crippen molar-refractivity contribution in [1.82, 2.24) is 10.2 Å². The van der Waals surface area contributed by atoms with Crippen molar-refractivity contribution in [2.24, 2.45) is 0 Å². The Morgan fingerprint density at radius 2 is 2.27 bits per heavy atom. The van der Waals surface area contributed by atoms with Gasteiger partial charge < -0.3 is 5.32 Å². The van der Waals surface area contributed by atoms with Gasteiger partial charge in [0, 0.05) is 24.1 Å². The van der Waals surface area contributed by atoms with E-state index in [4.69, 9.17) is 0 Å². The molecule has 1 rings (SSSR count). The summed E-state index contributed by atoms with van der Waals surface area (Å²) in [5.41, 5.74) is 0. The van der Waals surface area contributed by atoms with E-state index in [9.17, 15) is 0 Å². The third kappa shape index (κ3) is 3.89. The molecule has 3 heteroatoms. The molecule has 0 unspecified atom stereocenters. The van der Waals surface area contributed by atoms with Gasteiger partial charge in [-0.05, 0) is 19.5 Å². The Morgan fingerprint density at radius 1 is 1.45 bits per heavy atom. The second kappa shape index (κ2) is 4.91. The third-order valence-corrected chi connectivity index (χ3v) is 2.08. The van der Waals surface area contributed by atoms with Crippen molar-refractivity contribution >= 4 is 15.9 Å². The van der Waals surface area contributed by atoms with Gasteiger partial charge in [-0.3, -0.25) is 4.90 Å². The Morgan fingerprint density at radius 3 is 3.00 bits per heavy atom. The van der Waals surface area contributed by atoms with Crippen molar-refractivity contribution in [2.75, 3.05) is 32.7 Å². The molecule has 2 nitrogen and oxygen atoms in total. The minimum Gasteiger partial charge on any atom is -0.315 e. The highest BCUT2D eigenvalue weighted by molar-refractivity contribution is 9.11. The highest BCUT2D eigenvalue weighted by Crippen LogP contribution is 2.05. The second-order valence-electron chi connectivity index (χ2n) is 2.90. The van der Waals surface area contributed by atoms with Gasteiger partial charge in [-0.2, -0.15) is 0 Å². The first-order valence-electron chi connectivity index (χ1n) is 4.05. The first-order valence-corrected chi connectivity index (χ1v) is 4.84. The quantitative estimate of drug-likeness (QED) is 0.750. The van der Waals surface area contributed by atoms with Crippen LogP contribution in [0.3, 0.4) is 0 Å². The molecule has 11 heavy (non-hydrogen) atoms. The number of halogens is 1. The van der Waals surface area contributed by atoms with E-state index in [1.807, 2.05) is 0 Å². The van der Waals surface area contributed by atoms with Crippen LogP contribution in [0.2, 0.25) is 0 Å². The predicted octanol–water partition coefficient (Wildman–Crippen LogP) is 1.19. The molecule has 1 aliphatic heterocycles. The van der Waals surface area contributed by atoms with Crippen LogP contribution in [0.5, 0.6) is 0 Å². The van der Waals surface area contributed by atoms with Crippen LogP contribution in [0.1, 0.15) is 6.42 Å². The van der Waals surface area contributed by atoms with Gasteiger partial charge in [-0.25, -0.2) is 0 Å². The van der Waals surface area contributed by atoms with Crippen molar-refractivity contribution in [1.29, 1.82) is 0 Å². The maximum atomic E-state index is 3.83. The molecule has 0 amide bonds. The van der Waals surface area contributed by atoms with Crippen molar-refractivity contribution in [3.63, 3.8) is 0 Å². The van der Waals surface area contributed by atoms with E-state index >= 15 is 0 Å². The van der Waals surface area contributed by atoms with Crippen LogP contribution in [0.15, 0.2) is 11.1 Å². The van der Waals surface area contributed by atoms with Gasteiger partial charge in [-0.15, -0.1) is 0 Å². The van der Waals surface area contributed by atoms with Gasteiger partial charge in [0.15, 0.2) is 0 Å². The molecule has 1 aliphatic rings. The maximum Gasteiger partial charge on any atom is 0.0294 e. The monoisotopic (exact) mass is 218 g/mol. The van der Waals surface area contributed by atoms with Crippen LogP contribution in [0.25, 0.3) is 0 Å². The van der Waals surface area contributed by atoms with E-state index in [0.29, 0.717) is 0 Å². The summed E-state index contributed by atoms with van der Waals surface area (Å²) in [5.74, 6) is 0. The van der Waals surface area contributed by atoms with Crippen LogP contribution in [0, 0.1) is 0 Å². The van der Waals surface area contributed by atoms with E-state index in [-0.39, 0.29) is 0 Å². The standard InChI is InChI=1S/C8H15BrN2/c1-8(9)7-11-5-2-3-10-4-6-11/h10H,1-7H2. The molecule has 1 fully saturated rings.